The molecule has 3 heterocycles. The summed E-state index contributed by atoms with van der Waals surface area (Å²) in [5, 5.41) is 0.777. The Balaban J connectivity index is 1.41. The van der Waals surface area contributed by atoms with Crippen molar-refractivity contribution in [1.82, 2.24) is 9.97 Å². The van der Waals surface area contributed by atoms with Crippen LogP contribution < -0.4 is 14.7 Å². The highest BCUT2D eigenvalue weighted by Crippen LogP contribution is 2.23. The molecule has 2 aliphatic heterocycles. The van der Waals surface area contributed by atoms with Crippen LogP contribution in [-0.4, -0.2) is 62.5 Å². The molecule has 2 aliphatic rings. The molecule has 4 rings (SSSR count). The number of benzene rings is 1. The van der Waals surface area contributed by atoms with Crippen LogP contribution in [0, 0.1) is 0 Å². The van der Waals surface area contributed by atoms with Gasteiger partial charge in [0, 0.05) is 56.0 Å². The van der Waals surface area contributed by atoms with Gasteiger partial charge in [0.25, 0.3) is 0 Å². The fourth-order valence-electron chi connectivity index (χ4n) is 3.32. The molecule has 7 heteroatoms. The second-order valence-corrected chi connectivity index (χ2v) is 6.72. The van der Waals surface area contributed by atoms with Crippen molar-refractivity contribution < 1.29 is 4.74 Å². The van der Waals surface area contributed by atoms with Crippen LogP contribution in [0.5, 0.6) is 0 Å². The standard InChI is InChI=1S/C18H22ClN5O/c19-15-1-3-16(4-2-15)22-5-7-23(8-6-22)17-13-18(21-14-20-17)24-9-11-25-12-10-24/h1-4,13-14H,5-12H2. The van der Waals surface area contributed by atoms with E-state index in [9.17, 15) is 0 Å². The van der Waals surface area contributed by atoms with Crippen molar-refractivity contribution in [3.63, 3.8) is 0 Å². The molecule has 1 aromatic heterocycles. The lowest BCUT2D eigenvalue weighted by molar-refractivity contribution is 0.122. The van der Waals surface area contributed by atoms with E-state index in [1.54, 1.807) is 6.33 Å². The fraction of sp³-hybridized carbons (Fsp3) is 0.444. The lowest BCUT2D eigenvalue weighted by Crippen LogP contribution is -2.47. The van der Waals surface area contributed by atoms with Crippen LogP contribution in [0.15, 0.2) is 36.7 Å². The number of ether oxygens (including phenoxy) is 1. The third-order valence-corrected chi connectivity index (χ3v) is 5.02. The monoisotopic (exact) mass is 359 g/mol. The van der Waals surface area contributed by atoms with E-state index in [0.717, 1.165) is 69.1 Å². The molecular weight excluding hydrogens is 338 g/mol. The van der Waals surface area contributed by atoms with Gasteiger partial charge >= 0.3 is 0 Å². The number of hydrogen-bond donors (Lipinski definition) is 0. The van der Waals surface area contributed by atoms with Gasteiger partial charge in [-0.1, -0.05) is 11.6 Å². The number of rotatable bonds is 3. The maximum Gasteiger partial charge on any atom is 0.134 e. The van der Waals surface area contributed by atoms with Gasteiger partial charge in [0.05, 0.1) is 13.2 Å². The van der Waals surface area contributed by atoms with Crippen LogP contribution in [0.25, 0.3) is 0 Å². The van der Waals surface area contributed by atoms with Crippen LogP contribution in [0.3, 0.4) is 0 Å². The average Bonchev–Trinajstić information content (AvgIpc) is 2.70. The van der Waals surface area contributed by atoms with Gasteiger partial charge in [0.15, 0.2) is 0 Å². The van der Waals surface area contributed by atoms with Crippen molar-refractivity contribution >= 4 is 28.9 Å². The molecule has 0 spiro atoms. The highest BCUT2D eigenvalue weighted by molar-refractivity contribution is 6.30. The highest BCUT2D eigenvalue weighted by atomic mass is 35.5. The SMILES string of the molecule is Clc1ccc(N2CCN(c3cc(N4CCOCC4)ncn3)CC2)cc1. The summed E-state index contributed by atoms with van der Waals surface area (Å²) < 4.78 is 5.42. The van der Waals surface area contributed by atoms with Gasteiger partial charge in [-0.25, -0.2) is 9.97 Å². The van der Waals surface area contributed by atoms with Gasteiger partial charge in [0.2, 0.25) is 0 Å². The molecule has 0 saturated carbocycles. The number of aromatic nitrogens is 2. The fourth-order valence-corrected chi connectivity index (χ4v) is 3.45. The number of piperazine rings is 1. The average molecular weight is 360 g/mol. The normalized spacial score (nSPS) is 18.5. The van der Waals surface area contributed by atoms with Crippen molar-refractivity contribution in [3.05, 3.63) is 41.7 Å². The number of morpholine rings is 1. The second-order valence-electron chi connectivity index (χ2n) is 6.28. The van der Waals surface area contributed by atoms with Crippen LogP contribution in [0.1, 0.15) is 0 Å². The molecule has 2 fully saturated rings. The summed E-state index contributed by atoms with van der Waals surface area (Å²) >= 11 is 5.98. The lowest BCUT2D eigenvalue weighted by atomic mass is 10.2. The van der Waals surface area contributed by atoms with Crippen molar-refractivity contribution in [2.75, 3.05) is 67.2 Å². The van der Waals surface area contributed by atoms with Gasteiger partial charge in [0.1, 0.15) is 18.0 Å². The summed E-state index contributed by atoms with van der Waals surface area (Å²) in [5.41, 5.74) is 1.22. The number of halogens is 1. The molecule has 0 radical (unpaired) electrons. The third kappa shape index (κ3) is 3.80. The lowest BCUT2D eigenvalue weighted by Gasteiger charge is -2.37. The second kappa shape index (κ2) is 7.45. The number of nitrogens with zero attached hydrogens (tertiary/aromatic N) is 5. The molecule has 0 atom stereocenters. The summed E-state index contributed by atoms with van der Waals surface area (Å²) in [5.74, 6) is 2.00. The van der Waals surface area contributed by atoms with Gasteiger partial charge in [-0.15, -0.1) is 0 Å². The maximum atomic E-state index is 5.98. The van der Waals surface area contributed by atoms with Crippen LogP contribution in [-0.2, 0) is 4.74 Å². The summed E-state index contributed by atoms with van der Waals surface area (Å²) in [6.45, 7) is 7.14. The Bertz CT molecular complexity index is 697. The largest absolute Gasteiger partial charge is 0.378 e. The Kier molecular flexibility index (Phi) is 4.90. The predicted molar refractivity (Wildman–Crippen MR) is 101 cm³/mol. The van der Waals surface area contributed by atoms with E-state index in [4.69, 9.17) is 16.3 Å². The molecule has 2 aromatic rings. The summed E-state index contributed by atoms with van der Waals surface area (Å²) in [6.07, 6.45) is 1.67. The number of hydrogen-bond acceptors (Lipinski definition) is 6. The zero-order chi connectivity index (χ0) is 17.1. The molecule has 25 heavy (non-hydrogen) atoms. The molecule has 1 aromatic carbocycles. The molecule has 0 amide bonds. The van der Waals surface area contributed by atoms with Crippen molar-refractivity contribution in [2.45, 2.75) is 0 Å². The van der Waals surface area contributed by atoms with E-state index >= 15 is 0 Å². The Morgan fingerprint density at radius 2 is 1.32 bits per heavy atom. The molecule has 6 nitrogen and oxygen atoms in total. The third-order valence-electron chi connectivity index (χ3n) is 4.77. The van der Waals surface area contributed by atoms with Crippen molar-refractivity contribution in [1.29, 1.82) is 0 Å². The van der Waals surface area contributed by atoms with Gasteiger partial charge in [-0.2, -0.15) is 0 Å². The Hall–Kier alpha value is -2.05. The summed E-state index contributed by atoms with van der Waals surface area (Å²) in [4.78, 5) is 15.9. The first-order chi connectivity index (χ1) is 12.3. The van der Waals surface area contributed by atoms with Crippen molar-refractivity contribution in [3.8, 4) is 0 Å². The zero-order valence-corrected chi connectivity index (χ0v) is 14.9. The van der Waals surface area contributed by atoms with E-state index < -0.39 is 0 Å². The van der Waals surface area contributed by atoms with Gasteiger partial charge < -0.3 is 19.4 Å². The Labute approximate surface area is 153 Å². The van der Waals surface area contributed by atoms with Crippen LogP contribution in [0.4, 0.5) is 17.3 Å². The quantitative estimate of drug-likeness (QED) is 0.838. The van der Waals surface area contributed by atoms with Crippen LogP contribution >= 0.6 is 11.6 Å². The first-order valence-corrected chi connectivity index (χ1v) is 9.07. The summed E-state index contributed by atoms with van der Waals surface area (Å²) in [6, 6.07) is 10.2. The molecule has 132 valence electrons. The smallest absolute Gasteiger partial charge is 0.134 e. The predicted octanol–water partition coefficient (Wildman–Crippen LogP) is 2.29. The van der Waals surface area contributed by atoms with E-state index in [-0.39, 0.29) is 0 Å². The van der Waals surface area contributed by atoms with Crippen LogP contribution in [0.2, 0.25) is 5.02 Å². The van der Waals surface area contributed by atoms with Gasteiger partial charge in [-0.05, 0) is 24.3 Å². The molecule has 0 unspecified atom stereocenters. The molecule has 0 bridgehead atoms. The minimum atomic E-state index is 0.763. The molecular formula is C18H22ClN5O. The van der Waals surface area contributed by atoms with Crippen molar-refractivity contribution in [2.24, 2.45) is 0 Å². The van der Waals surface area contributed by atoms with E-state index in [2.05, 4.69) is 42.9 Å². The Morgan fingerprint density at radius 3 is 1.96 bits per heavy atom. The number of anilines is 3. The molecule has 0 aliphatic carbocycles. The first kappa shape index (κ1) is 16.4. The first-order valence-electron chi connectivity index (χ1n) is 8.70. The molecule has 0 N–H and O–H groups in total. The van der Waals surface area contributed by atoms with E-state index in [1.165, 1.54) is 5.69 Å². The van der Waals surface area contributed by atoms with E-state index in [0.29, 0.717) is 0 Å². The zero-order valence-electron chi connectivity index (χ0n) is 14.1. The highest BCUT2D eigenvalue weighted by Gasteiger charge is 2.20. The minimum Gasteiger partial charge on any atom is -0.378 e. The van der Waals surface area contributed by atoms with Gasteiger partial charge in [-0.3, -0.25) is 0 Å². The maximum absolute atomic E-state index is 5.98. The Morgan fingerprint density at radius 1 is 0.760 bits per heavy atom. The minimum absolute atomic E-state index is 0.763. The molecule has 2 saturated heterocycles. The topological polar surface area (TPSA) is 44.7 Å². The van der Waals surface area contributed by atoms with E-state index in [1.807, 2.05) is 12.1 Å². The summed E-state index contributed by atoms with van der Waals surface area (Å²) in [7, 11) is 0.